The maximum Gasteiger partial charge on any atom is 0.252 e. The van der Waals surface area contributed by atoms with E-state index in [9.17, 15) is 4.79 Å². The predicted molar refractivity (Wildman–Crippen MR) is 140 cm³/mol. The standard InChI is InChI=1S/C28H34N6O2/c1-3-26(27-30-31-32-34(27)23-12-8-5-9-13-23)33(18-20-10-6-4-7-11-20)19-22-16-21-17-24(36-2)14-15-25(21)29-28(22)35/h4,6-7,10-11,14-17,23,26H,3,5,8-9,12-13,18-19H2,1-2H3,(H,29,35)/t26-/m0/s1. The first-order chi connectivity index (χ1) is 17.7. The lowest BCUT2D eigenvalue weighted by molar-refractivity contribution is 0.155. The number of aromatic nitrogens is 5. The zero-order valence-corrected chi connectivity index (χ0v) is 21.1. The van der Waals surface area contributed by atoms with Crippen LogP contribution in [0.4, 0.5) is 0 Å². The van der Waals surface area contributed by atoms with E-state index < -0.39 is 0 Å². The Balaban J connectivity index is 1.52. The molecule has 0 saturated heterocycles. The highest BCUT2D eigenvalue weighted by Crippen LogP contribution is 2.32. The summed E-state index contributed by atoms with van der Waals surface area (Å²) in [4.78, 5) is 18.5. The zero-order chi connectivity index (χ0) is 24.9. The molecule has 0 bridgehead atoms. The Morgan fingerprint density at radius 2 is 1.89 bits per heavy atom. The Kier molecular flexibility index (Phi) is 7.41. The molecule has 1 fully saturated rings. The van der Waals surface area contributed by atoms with Gasteiger partial charge in [-0.15, -0.1) is 5.10 Å². The minimum atomic E-state index is -0.0764. The van der Waals surface area contributed by atoms with Crippen LogP contribution in [0.15, 0.2) is 59.4 Å². The van der Waals surface area contributed by atoms with Crippen LogP contribution >= 0.6 is 0 Å². The predicted octanol–water partition coefficient (Wildman–Crippen LogP) is 5.18. The van der Waals surface area contributed by atoms with Crippen LogP contribution in [-0.4, -0.2) is 37.2 Å². The molecule has 1 N–H and O–H groups in total. The fourth-order valence-corrected chi connectivity index (χ4v) is 5.40. The van der Waals surface area contributed by atoms with E-state index in [1.807, 2.05) is 30.3 Å². The summed E-state index contributed by atoms with van der Waals surface area (Å²) < 4.78 is 7.46. The topological polar surface area (TPSA) is 88.9 Å². The quantitative estimate of drug-likeness (QED) is 0.351. The number of hydrogen-bond donors (Lipinski definition) is 1. The second kappa shape index (κ2) is 11.0. The monoisotopic (exact) mass is 486 g/mol. The van der Waals surface area contributed by atoms with E-state index in [4.69, 9.17) is 4.74 Å². The molecule has 0 aliphatic heterocycles. The fraction of sp³-hybridized carbons (Fsp3) is 0.429. The normalized spacial score (nSPS) is 15.4. The molecule has 2 heterocycles. The highest BCUT2D eigenvalue weighted by Gasteiger charge is 2.29. The van der Waals surface area contributed by atoms with E-state index >= 15 is 0 Å². The summed E-state index contributed by atoms with van der Waals surface area (Å²) in [5, 5.41) is 14.0. The van der Waals surface area contributed by atoms with Crippen LogP contribution in [-0.2, 0) is 13.1 Å². The highest BCUT2D eigenvalue weighted by molar-refractivity contribution is 5.80. The van der Waals surface area contributed by atoms with Crippen molar-refractivity contribution in [2.45, 2.75) is 70.6 Å². The third-order valence-corrected chi connectivity index (χ3v) is 7.29. The van der Waals surface area contributed by atoms with Crippen LogP contribution in [0.5, 0.6) is 5.75 Å². The van der Waals surface area contributed by atoms with E-state index in [-0.39, 0.29) is 11.6 Å². The number of nitrogens with zero attached hydrogens (tertiary/aromatic N) is 5. The minimum absolute atomic E-state index is 0.0254. The van der Waals surface area contributed by atoms with Crippen LogP contribution in [0.1, 0.15) is 74.5 Å². The van der Waals surface area contributed by atoms with Gasteiger partial charge in [0.15, 0.2) is 5.82 Å². The van der Waals surface area contributed by atoms with E-state index in [1.54, 1.807) is 7.11 Å². The number of aromatic amines is 1. The Hall–Kier alpha value is -3.52. The summed E-state index contributed by atoms with van der Waals surface area (Å²) in [5.41, 5.74) is 2.62. The summed E-state index contributed by atoms with van der Waals surface area (Å²) in [6, 6.07) is 18.4. The van der Waals surface area contributed by atoms with Crippen molar-refractivity contribution in [1.82, 2.24) is 30.1 Å². The zero-order valence-electron chi connectivity index (χ0n) is 21.1. The van der Waals surface area contributed by atoms with Crippen molar-refractivity contribution < 1.29 is 4.74 Å². The van der Waals surface area contributed by atoms with Gasteiger partial charge in [-0.3, -0.25) is 9.69 Å². The molecule has 0 radical (unpaired) electrons. The molecule has 1 atom stereocenters. The number of rotatable bonds is 9. The fourth-order valence-electron chi connectivity index (χ4n) is 5.40. The number of ether oxygens (including phenoxy) is 1. The molecule has 8 nitrogen and oxygen atoms in total. The second-order valence-electron chi connectivity index (χ2n) is 9.66. The molecule has 2 aromatic heterocycles. The highest BCUT2D eigenvalue weighted by atomic mass is 16.5. The molecular formula is C28H34N6O2. The van der Waals surface area contributed by atoms with Gasteiger partial charge in [0.1, 0.15) is 5.75 Å². The molecule has 4 aromatic rings. The first-order valence-corrected chi connectivity index (χ1v) is 12.9. The van der Waals surface area contributed by atoms with E-state index in [2.05, 4.69) is 61.3 Å². The molecule has 1 saturated carbocycles. The molecule has 8 heteroatoms. The maximum absolute atomic E-state index is 13.1. The second-order valence-corrected chi connectivity index (χ2v) is 9.66. The number of methoxy groups -OCH3 is 1. The Labute approximate surface area is 211 Å². The Bertz CT molecular complexity index is 1340. The number of H-pyrrole nitrogens is 1. The molecule has 0 spiro atoms. The summed E-state index contributed by atoms with van der Waals surface area (Å²) in [6.45, 7) is 3.33. The molecule has 0 unspecified atom stereocenters. The molecule has 1 aliphatic rings. The van der Waals surface area contributed by atoms with Crippen molar-refractivity contribution in [2.24, 2.45) is 0 Å². The van der Waals surface area contributed by atoms with Gasteiger partial charge in [0.25, 0.3) is 5.56 Å². The number of tetrazole rings is 1. The lowest BCUT2D eigenvalue weighted by Crippen LogP contribution is -2.33. The summed E-state index contributed by atoms with van der Waals surface area (Å²) in [5.74, 6) is 1.65. The van der Waals surface area contributed by atoms with Crippen molar-refractivity contribution in [2.75, 3.05) is 7.11 Å². The summed E-state index contributed by atoms with van der Waals surface area (Å²) in [6.07, 6.45) is 6.76. The van der Waals surface area contributed by atoms with Gasteiger partial charge in [-0.1, -0.05) is 56.5 Å². The van der Waals surface area contributed by atoms with Gasteiger partial charge in [-0.25, -0.2) is 4.68 Å². The van der Waals surface area contributed by atoms with Crippen molar-refractivity contribution in [3.8, 4) is 5.75 Å². The minimum Gasteiger partial charge on any atom is -0.497 e. The van der Waals surface area contributed by atoms with Crippen molar-refractivity contribution >= 4 is 10.9 Å². The molecule has 2 aromatic carbocycles. The van der Waals surface area contributed by atoms with Gasteiger partial charge in [0.2, 0.25) is 0 Å². The maximum atomic E-state index is 13.1. The number of hydrogen-bond acceptors (Lipinski definition) is 6. The van der Waals surface area contributed by atoms with Gasteiger partial charge in [0.05, 0.1) is 19.2 Å². The third kappa shape index (κ3) is 5.18. The number of nitrogens with one attached hydrogen (secondary N) is 1. The molecule has 188 valence electrons. The van der Waals surface area contributed by atoms with Crippen LogP contribution in [0.2, 0.25) is 0 Å². The molecule has 5 rings (SSSR count). The number of benzene rings is 2. The van der Waals surface area contributed by atoms with Crippen LogP contribution in [0.25, 0.3) is 10.9 Å². The van der Waals surface area contributed by atoms with E-state index in [1.165, 1.54) is 24.8 Å². The Morgan fingerprint density at radius 1 is 1.08 bits per heavy atom. The van der Waals surface area contributed by atoms with Crippen LogP contribution in [0.3, 0.4) is 0 Å². The van der Waals surface area contributed by atoms with Gasteiger partial charge in [0, 0.05) is 29.6 Å². The van der Waals surface area contributed by atoms with Gasteiger partial charge < -0.3 is 9.72 Å². The first-order valence-electron chi connectivity index (χ1n) is 12.9. The lowest BCUT2D eigenvalue weighted by Gasteiger charge is -2.32. The van der Waals surface area contributed by atoms with Crippen LogP contribution < -0.4 is 10.3 Å². The lowest BCUT2D eigenvalue weighted by atomic mass is 9.95. The first kappa shape index (κ1) is 24.2. The average Bonchev–Trinajstić information content (AvgIpc) is 3.40. The van der Waals surface area contributed by atoms with E-state index in [0.29, 0.717) is 24.7 Å². The molecule has 0 amide bonds. The SMILES string of the molecule is CC[C@@H](c1nnnn1C1CCCCC1)N(Cc1ccccc1)Cc1cc2cc(OC)ccc2[nH]c1=O. The smallest absolute Gasteiger partial charge is 0.252 e. The summed E-state index contributed by atoms with van der Waals surface area (Å²) in [7, 11) is 1.65. The third-order valence-electron chi connectivity index (χ3n) is 7.29. The Morgan fingerprint density at radius 3 is 2.64 bits per heavy atom. The number of pyridine rings is 1. The van der Waals surface area contributed by atoms with Gasteiger partial charge >= 0.3 is 0 Å². The number of fused-ring (bicyclic) bond motifs is 1. The largest absolute Gasteiger partial charge is 0.497 e. The van der Waals surface area contributed by atoms with Crippen molar-refractivity contribution in [1.29, 1.82) is 0 Å². The van der Waals surface area contributed by atoms with Gasteiger partial charge in [-0.2, -0.15) is 0 Å². The molecule has 1 aliphatic carbocycles. The van der Waals surface area contributed by atoms with Gasteiger partial charge in [-0.05, 0) is 59.5 Å². The average molecular weight is 487 g/mol. The molecular weight excluding hydrogens is 452 g/mol. The van der Waals surface area contributed by atoms with Crippen LogP contribution in [0, 0.1) is 0 Å². The molecule has 36 heavy (non-hydrogen) atoms. The van der Waals surface area contributed by atoms with Crippen molar-refractivity contribution in [3.63, 3.8) is 0 Å². The van der Waals surface area contributed by atoms with E-state index in [0.717, 1.165) is 41.7 Å². The summed E-state index contributed by atoms with van der Waals surface area (Å²) >= 11 is 0. The van der Waals surface area contributed by atoms with Crippen molar-refractivity contribution in [3.05, 3.63) is 81.9 Å².